The minimum Gasteiger partial charge on any atom is -0.487 e. The molecule has 2 aliphatic heterocycles. The molecule has 2 amide bonds. The Morgan fingerprint density at radius 3 is 2.65 bits per heavy atom. The predicted octanol–water partition coefficient (Wildman–Crippen LogP) is 3.42. The van der Waals surface area contributed by atoms with Gasteiger partial charge in [-0.2, -0.15) is 0 Å². The van der Waals surface area contributed by atoms with Crippen molar-refractivity contribution in [2.45, 2.75) is 38.9 Å². The number of hydrogen-bond acceptors (Lipinski definition) is 5. The molecular formula is C24H29N3O4. The molecule has 0 saturated carbocycles. The molecule has 0 aliphatic carbocycles. The fourth-order valence-corrected chi connectivity index (χ4v) is 4.07. The van der Waals surface area contributed by atoms with E-state index in [0.717, 1.165) is 29.8 Å². The van der Waals surface area contributed by atoms with Gasteiger partial charge in [0.1, 0.15) is 18.5 Å². The van der Waals surface area contributed by atoms with E-state index in [-0.39, 0.29) is 30.6 Å². The average Bonchev–Trinajstić information content (AvgIpc) is 3.01. The number of ether oxygens (including phenoxy) is 2. The van der Waals surface area contributed by atoms with Crippen LogP contribution in [-0.4, -0.2) is 59.1 Å². The molecule has 2 aromatic rings. The molecule has 164 valence electrons. The Labute approximate surface area is 183 Å². The van der Waals surface area contributed by atoms with Crippen LogP contribution in [0, 0.1) is 12.8 Å². The molecule has 1 aromatic carbocycles. The normalized spacial score (nSPS) is 19.3. The lowest BCUT2D eigenvalue weighted by molar-refractivity contribution is -0.144. The van der Waals surface area contributed by atoms with E-state index in [1.807, 2.05) is 54.3 Å². The molecule has 0 bridgehead atoms. The van der Waals surface area contributed by atoms with E-state index >= 15 is 0 Å². The zero-order chi connectivity index (χ0) is 21.6. The van der Waals surface area contributed by atoms with Crippen molar-refractivity contribution >= 4 is 12.0 Å². The molecule has 0 spiro atoms. The third kappa shape index (κ3) is 5.54. The van der Waals surface area contributed by atoms with E-state index in [0.29, 0.717) is 32.6 Å². The van der Waals surface area contributed by atoms with Gasteiger partial charge in [-0.3, -0.25) is 9.78 Å². The monoisotopic (exact) mass is 423 g/mol. The number of nitrogens with zero attached hydrogens (tertiary/aromatic N) is 3. The van der Waals surface area contributed by atoms with Crippen molar-refractivity contribution in [1.82, 2.24) is 14.8 Å². The van der Waals surface area contributed by atoms with Gasteiger partial charge in [0.05, 0.1) is 13.1 Å². The van der Waals surface area contributed by atoms with Gasteiger partial charge in [-0.05, 0) is 37.8 Å². The van der Waals surface area contributed by atoms with E-state index in [1.165, 1.54) is 0 Å². The van der Waals surface area contributed by atoms with Crippen LogP contribution in [0.5, 0.6) is 5.75 Å². The maximum absolute atomic E-state index is 12.9. The second kappa shape index (κ2) is 9.81. The van der Waals surface area contributed by atoms with Crippen molar-refractivity contribution in [3.8, 4) is 5.75 Å². The van der Waals surface area contributed by atoms with Crippen LogP contribution in [0.2, 0.25) is 0 Å². The number of aryl methyl sites for hydroxylation is 1. The van der Waals surface area contributed by atoms with Crippen LogP contribution in [0.4, 0.5) is 4.79 Å². The number of amides is 2. The quantitative estimate of drug-likeness (QED) is 0.737. The van der Waals surface area contributed by atoms with Crippen molar-refractivity contribution in [3.05, 3.63) is 59.9 Å². The molecule has 3 heterocycles. The Morgan fingerprint density at radius 1 is 1.06 bits per heavy atom. The molecule has 0 N–H and O–H groups in total. The fraction of sp³-hybridized carbons (Fsp3) is 0.458. The predicted molar refractivity (Wildman–Crippen MR) is 116 cm³/mol. The van der Waals surface area contributed by atoms with Gasteiger partial charge >= 0.3 is 6.09 Å². The number of likely N-dealkylation sites (tertiary alicyclic amines) is 2. The molecule has 7 nitrogen and oxygen atoms in total. The standard InChI is InChI=1S/C24H29N3O4/c1-18-14-21(9-11-25-18)31-22-15-27(16-22)23(28)20-8-5-12-26(13-10-20)24(29)30-17-19-6-3-2-4-7-19/h2-4,6-7,9,11,14,20,22H,5,8,10,12-13,15-17H2,1H3. The number of rotatable bonds is 5. The highest BCUT2D eigenvalue weighted by atomic mass is 16.6. The summed E-state index contributed by atoms with van der Waals surface area (Å²) in [4.78, 5) is 33.1. The number of carbonyl (C=O) groups is 2. The summed E-state index contributed by atoms with van der Waals surface area (Å²) >= 11 is 0. The lowest BCUT2D eigenvalue weighted by Crippen LogP contribution is -2.57. The number of benzene rings is 1. The Hall–Kier alpha value is -3.09. The second-order valence-corrected chi connectivity index (χ2v) is 8.27. The van der Waals surface area contributed by atoms with E-state index in [9.17, 15) is 9.59 Å². The Kier molecular flexibility index (Phi) is 6.70. The van der Waals surface area contributed by atoms with Crippen LogP contribution in [0.3, 0.4) is 0 Å². The molecular weight excluding hydrogens is 394 g/mol. The summed E-state index contributed by atoms with van der Waals surface area (Å²) in [5, 5.41) is 0. The van der Waals surface area contributed by atoms with Crippen LogP contribution in [0.25, 0.3) is 0 Å². The van der Waals surface area contributed by atoms with Gasteiger partial charge in [0.2, 0.25) is 5.91 Å². The van der Waals surface area contributed by atoms with Gasteiger partial charge in [-0.25, -0.2) is 4.79 Å². The van der Waals surface area contributed by atoms with E-state index in [4.69, 9.17) is 9.47 Å². The molecule has 31 heavy (non-hydrogen) atoms. The van der Waals surface area contributed by atoms with Crippen molar-refractivity contribution < 1.29 is 19.1 Å². The third-order valence-corrected chi connectivity index (χ3v) is 5.87. The first-order valence-electron chi connectivity index (χ1n) is 10.9. The van der Waals surface area contributed by atoms with E-state index in [2.05, 4.69) is 4.98 Å². The summed E-state index contributed by atoms with van der Waals surface area (Å²) in [6.07, 6.45) is 3.73. The Balaban J connectivity index is 1.20. The Morgan fingerprint density at radius 2 is 1.87 bits per heavy atom. The number of pyridine rings is 1. The lowest BCUT2D eigenvalue weighted by Gasteiger charge is -2.40. The Bertz CT molecular complexity index is 899. The molecule has 2 fully saturated rings. The first-order chi connectivity index (χ1) is 15.1. The second-order valence-electron chi connectivity index (χ2n) is 8.27. The van der Waals surface area contributed by atoms with Crippen molar-refractivity contribution in [2.24, 2.45) is 5.92 Å². The summed E-state index contributed by atoms with van der Waals surface area (Å²) in [6.45, 7) is 4.60. The molecule has 0 radical (unpaired) electrons. The van der Waals surface area contributed by atoms with Gasteiger partial charge < -0.3 is 19.3 Å². The summed E-state index contributed by atoms with van der Waals surface area (Å²) in [5.74, 6) is 0.921. The largest absolute Gasteiger partial charge is 0.487 e. The van der Waals surface area contributed by atoms with Crippen LogP contribution < -0.4 is 4.74 Å². The van der Waals surface area contributed by atoms with Gasteiger partial charge in [-0.15, -0.1) is 0 Å². The first kappa shape index (κ1) is 21.2. The summed E-state index contributed by atoms with van der Waals surface area (Å²) in [7, 11) is 0. The molecule has 2 aliphatic rings. The number of hydrogen-bond donors (Lipinski definition) is 0. The summed E-state index contributed by atoms with van der Waals surface area (Å²) < 4.78 is 11.4. The average molecular weight is 424 g/mol. The van der Waals surface area contributed by atoms with Gasteiger partial charge in [0.15, 0.2) is 0 Å². The zero-order valence-electron chi connectivity index (χ0n) is 17.9. The molecule has 1 atom stereocenters. The zero-order valence-corrected chi connectivity index (χ0v) is 17.9. The SMILES string of the molecule is Cc1cc(OC2CN(C(=O)C3CCCN(C(=O)OCc4ccccc4)CC3)C2)ccn1. The summed E-state index contributed by atoms with van der Waals surface area (Å²) in [6, 6.07) is 13.4. The highest BCUT2D eigenvalue weighted by molar-refractivity contribution is 5.80. The topological polar surface area (TPSA) is 72.0 Å². The minimum absolute atomic E-state index is 0.0287. The lowest BCUT2D eigenvalue weighted by atomic mass is 9.97. The summed E-state index contributed by atoms with van der Waals surface area (Å²) in [5.41, 5.74) is 1.88. The van der Waals surface area contributed by atoms with Crippen molar-refractivity contribution in [2.75, 3.05) is 26.2 Å². The van der Waals surface area contributed by atoms with E-state index < -0.39 is 0 Å². The van der Waals surface area contributed by atoms with Crippen LogP contribution in [0.1, 0.15) is 30.5 Å². The van der Waals surface area contributed by atoms with Crippen molar-refractivity contribution in [1.29, 1.82) is 0 Å². The highest BCUT2D eigenvalue weighted by Gasteiger charge is 2.36. The maximum atomic E-state index is 12.9. The number of carbonyl (C=O) groups excluding carboxylic acids is 2. The van der Waals surface area contributed by atoms with Crippen LogP contribution in [-0.2, 0) is 16.1 Å². The maximum Gasteiger partial charge on any atom is 0.410 e. The van der Waals surface area contributed by atoms with Crippen LogP contribution >= 0.6 is 0 Å². The fourth-order valence-electron chi connectivity index (χ4n) is 4.07. The van der Waals surface area contributed by atoms with Gasteiger partial charge in [-0.1, -0.05) is 30.3 Å². The molecule has 7 heteroatoms. The molecule has 4 rings (SSSR count). The third-order valence-electron chi connectivity index (χ3n) is 5.87. The minimum atomic E-state index is -0.304. The van der Waals surface area contributed by atoms with Gasteiger partial charge in [0.25, 0.3) is 0 Å². The van der Waals surface area contributed by atoms with Gasteiger partial charge in [0, 0.05) is 37.0 Å². The molecule has 1 aromatic heterocycles. The first-order valence-corrected chi connectivity index (χ1v) is 10.9. The van der Waals surface area contributed by atoms with Crippen molar-refractivity contribution in [3.63, 3.8) is 0 Å². The smallest absolute Gasteiger partial charge is 0.410 e. The van der Waals surface area contributed by atoms with Crippen LogP contribution in [0.15, 0.2) is 48.7 Å². The van der Waals surface area contributed by atoms with E-state index in [1.54, 1.807) is 11.1 Å². The number of aromatic nitrogens is 1. The molecule has 2 saturated heterocycles. The molecule has 1 unspecified atom stereocenters. The highest BCUT2D eigenvalue weighted by Crippen LogP contribution is 2.25.